The van der Waals surface area contributed by atoms with E-state index in [9.17, 15) is 5.11 Å². The number of pyridine rings is 1. The van der Waals surface area contributed by atoms with Crippen LogP contribution in [0.15, 0.2) is 48.7 Å². The Balaban J connectivity index is 2.15. The molecule has 0 bridgehead atoms. The summed E-state index contributed by atoms with van der Waals surface area (Å²) in [4.78, 5) is 4.38. The fraction of sp³-hybridized carbons (Fsp3) is 0. The Morgan fingerprint density at radius 3 is 2.56 bits per heavy atom. The molecule has 78 valence electrons. The van der Waals surface area contributed by atoms with E-state index in [0.717, 1.165) is 11.2 Å². The molecule has 0 aliphatic rings. The average molecular weight is 211 g/mol. The molecule has 0 radical (unpaired) electrons. The van der Waals surface area contributed by atoms with Gasteiger partial charge < -0.3 is 5.11 Å². The van der Waals surface area contributed by atoms with E-state index < -0.39 is 0 Å². The number of rotatable bonds is 1. The molecule has 0 aliphatic heterocycles. The van der Waals surface area contributed by atoms with Gasteiger partial charge >= 0.3 is 0 Å². The monoisotopic (exact) mass is 211 g/mol. The predicted octanol–water partition coefficient (Wildman–Crippen LogP) is 2.10. The van der Waals surface area contributed by atoms with Gasteiger partial charge in [0.15, 0.2) is 11.5 Å². The van der Waals surface area contributed by atoms with E-state index in [1.54, 1.807) is 28.8 Å². The van der Waals surface area contributed by atoms with Crippen LogP contribution in [-0.4, -0.2) is 19.7 Å². The van der Waals surface area contributed by atoms with Gasteiger partial charge in [-0.25, -0.2) is 9.50 Å². The Morgan fingerprint density at radius 1 is 1.00 bits per heavy atom. The highest BCUT2D eigenvalue weighted by Gasteiger charge is 2.04. The van der Waals surface area contributed by atoms with Crippen LogP contribution in [0.2, 0.25) is 0 Å². The predicted molar refractivity (Wildman–Crippen MR) is 60.1 cm³/mol. The van der Waals surface area contributed by atoms with E-state index in [4.69, 9.17) is 0 Å². The van der Waals surface area contributed by atoms with Crippen molar-refractivity contribution in [2.24, 2.45) is 0 Å². The van der Waals surface area contributed by atoms with Crippen molar-refractivity contribution in [1.29, 1.82) is 0 Å². The lowest BCUT2D eigenvalue weighted by Gasteiger charge is -1.94. The molecule has 4 heteroatoms. The molecular formula is C12H9N3O. The molecule has 1 N–H and O–H groups in total. The summed E-state index contributed by atoms with van der Waals surface area (Å²) in [5, 5.41) is 13.5. The van der Waals surface area contributed by atoms with Crippen molar-refractivity contribution < 1.29 is 5.11 Å². The molecule has 4 nitrogen and oxygen atoms in total. The molecule has 0 amide bonds. The molecule has 0 saturated heterocycles. The van der Waals surface area contributed by atoms with E-state index in [2.05, 4.69) is 10.1 Å². The second-order valence-corrected chi connectivity index (χ2v) is 3.49. The number of phenols is 1. The standard InChI is InChI=1S/C12H9N3O/c16-10-6-4-9(5-7-10)12-13-11-3-1-2-8-15(11)14-12/h1-8,16H. The van der Waals surface area contributed by atoms with Crippen molar-refractivity contribution in [3.63, 3.8) is 0 Å². The molecular weight excluding hydrogens is 202 g/mol. The zero-order chi connectivity index (χ0) is 11.0. The molecule has 0 saturated carbocycles. The Kier molecular flexibility index (Phi) is 1.86. The summed E-state index contributed by atoms with van der Waals surface area (Å²) in [7, 11) is 0. The highest BCUT2D eigenvalue weighted by molar-refractivity contribution is 5.58. The fourth-order valence-corrected chi connectivity index (χ4v) is 1.56. The molecule has 0 aliphatic carbocycles. The molecule has 0 spiro atoms. The first-order valence-electron chi connectivity index (χ1n) is 4.94. The van der Waals surface area contributed by atoms with Crippen LogP contribution >= 0.6 is 0 Å². The number of benzene rings is 1. The van der Waals surface area contributed by atoms with Crippen LogP contribution in [0.3, 0.4) is 0 Å². The van der Waals surface area contributed by atoms with Crippen molar-refractivity contribution in [3.05, 3.63) is 48.7 Å². The van der Waals surface area contributed by atoms with Crippen LogP contribution in [0, 0.1) is 0 Å². The summed E-state index contributed by atoms with van der Waals surface area (Å²) in [6, 6.07) is 12.6. The third kappa shape index (κ3) is 1.40. The number of fused-ring (bicyclic) bond motifs is 1. The van der Waals surface area contributed by atoms with Crippen LogP contribution < -0.4 is 0 Å². The van der Waals surface area contributed by atoms with E-state index in [1.807, 2.05) is 24.4 Å². The highest BCUT2D eigenvalue weighted by atomic mass is 16.3. The van der Waals surface area contributed by atoms with Crippen molar-refractivity contribution in [3.8, 4) is 17.1 Å². The summed E-state index contributed by atoms with van der Waals surface area (Å²) in [5.74, 6) is 0.902. The zero-order valence-electron chi connectivity index (χ0n) is 8.41. The number of aromatic hydroxyl groups is 1. The van der Waals surface area contributed by atoms with Crippen molar-refractivity contribution >= 4 is 5.65 Å². The normalized spacial score (nSPS) is 10.8. The Labute approximate surface area is 91.8 Å². The maximum Gasteiger partial charge on any atom is 0.182 e. The second-order valence-electron chi connectivity index (χ2n) is 3.49. The smallest absolute Gasteiger partial charge is 0.182 e. The van der Waals surface area contributed by atoms with Gasteiger partial charge in [0.1, 0.15) is 5.75 Å². The van der Waals surface area contributed by atoms with Gasteiger partial charge in [-0.15, -0.1) is 5.10 Å². The molecule has 3 aromatic rings. The minimum absolute atomic E-state index is 0.243. The van der Waals surface area contributed by atoms with Gasteiger partial charge in [0.2, 0.25) is 0 Å². The van der Waals surface area contributed by atoms with Gasteiger partial charge in [0.25, 0.3) is 0 Å². The molecule has 0 fully saturated rings. The summed E-state index contributed by atoms with van der Waals surface area (Å²) in [5.41, 5.74) is 1.70. The Hall–Kier alpha value is -2.36. The first kappa shape index (κ1) is 8.91. The fourth-order valence-electron chi connectivity index (χ4n) is 1.56. The van der Waals surface area contributed by atoms with E-state index in [-0.39, 0.29) is 5.75 Å². The summed E-state index contributed by atoms with van der Waals surface area (Å²) in [6.07, 6.45) is 1.85. The zero-order valence-corrected chi connectivity index (χ0v) is 8.41. The summed E-state index contributed by atoms with van der Waals surface area (Å²) < 4.78 is 1.72. The van der Waals surface area contributed by atoms with Gasteiger partial charge in [0, 0.05) is 11.8 Å². The quantitative estimate of drug-likeness (QED) is 0.670. The first-order chi connectivity index (χ1) is 7.83. The largest absolute Gasteiger partial charge is 0.508 e. The van der Waals surface area contributed by atoms with Crippen LogP contribution in [0.1, 0.15) is 0 Å². The van der Waals surface area contributed by atoms with Gasteiger partial charge in [-0.3, -0.25) is 0 Å². The van der Waals surface area contributed by atoms with Crippen LogP contribution in [0.25, 0.3) is 17.0 Å². The maximum atomic E-state index is 9.20. The van der Waals surface area contributed by atoms with Crippen LogP contribution in [-0.2, 0) is 0 Å². The van der Waals surface area contributed by atoms with E-state index in [0.29, 0.717) is 5.82 Å². The van der Waals surface area contributed by atoms with Gasteiger partial charge in [-0.2, -0.15) is 0 Å². The lowest BCUT2D eigenvalue weighted by atomic mass is 10.2. The number of phenolic OH excluding ortho intramolecular Hbond substituents is 1. The number of aromatic nitrogens is 3. The minimum atomic E-state index is 0.243. The van der Waals surface area contributed by atoms with Crippen molar-refractivity contribution in [2.75, 3.05) is 0 Å². The molecule has 3 rings (SSSR count). The lowest BCUT2D eigenvalue weighted by molar-refractivity contribution is 0.475. The minimum Gasteiger partial charge on any atom is -0.508 e. The topological polar surface area (TPSA) is 50.4 Å². The van der Waals surface area contributed by atoms with Crippen molar-refractivity contribution in [2.45, 2.75) is 0 Å². The molecule has 2 heterocycles. The highest BCUT2D eigenvalue weighted by Crippen LogP contribution is 2.18. The second kappa shape index (κ2) is 3.34. The SMILES string of the molecule is Oc1ccc(-c2nc3ccccn3n2)cc1. The van der Waals surface area contributed by atoms with E-state index in [1.165, 1.54) is 0 Å². The Bertz CT molecular complexity index is 595. The molecule has 16 heavy (non-hydrogen) atoms. The molecule has 0 atom stereocenters. The van der Waals surface area contributed by atoms with Gasteiger partial charge in [-0.1, -0.05) is 6.07 Å². The van der Waals surface area contributed by atoms with Gasteiger partial charge in [-0.05, 0) is 36.4 Å². The summed E-state index contributed by atoms with van der Waals surface area (Å²) in [6.45, 7) is 0. The number of hydrogen-bond acceptors (Lipinski definition) is 3. The average Bonchev–Trinajstić information content (AvgIpc) is 2.73. The van der Waals surface area contributed by atoms with Crippen LogP contribution in [0.5, 0.6) is 5.75 Å². The van der Waals surface area contributed by atoms with Crippen LogP contribution in [0.4, 0.5) is 0 Å². The molecule has 2 aromatic heterocycles. The third-order valence-corrected chi connectivity index (χ3v) is 2.37. The third-order valence-electron chi connectivity index (χ3n) is 2.37. The summed E-state index contributed by atoms with van der Waals surface area (Å²) >= 11 is 0. The molecule has 1 aromatic carbocycles. The molecule has 0 unspecified atom stereocenters. The lowest BCUT2D eigenvalue weighted by Crippen LogP contribution is -1.84. The number of nitrogens with zero attached hydrogens (tertiary/aromatic N) is 3. The number of hydrogen-bond donors (Lipinski definition) is 1. The van der Waals surface area contributed by atoms with Crippen molar-refractivity contribution in [1.82, 2.24) is 14.6 Å². The van der Waals surface area contributed by atoms with Gasteiger partial charge in [0.05, 0.1) is 0 Å². The Morgan fingerprint density at radius 2 is 1.81 bits per heavy atom. The van der Waals surface area contributed by atoms with E-state index >= 15 is 0 Å². The first-order valence-corrected chi connectivity index (χ1v) is 4.94. The maximum absolute atomic E-state index is 9.20.